The summed E-state index contributed by atoms with van der Waals surface area (Å²) in [5.41, 5.74) is 0.709. The van der Waals surface area contributed by atoms with Crippen molar-refractivity contribution in [2.24, 2.45) is 0 Å². The molecule has 0 aliphatic heterocycles. The Labute approximate surface area is 130 Å². The Morgan fingerprint density at radius 3 is 2.43 bits per heavy atom. The number of aromatic amines is 1. The summed E-state index contributed by atoms with van der Waals surface area (Å²) in [7, 11) is 0. The van der Waals surface area contributed by atoms with Gasteiger partial charge in [0.05, 0.1) is 22.2 Å². The molecule has 0 saturated carbocycles. The van der Waals surface area contributed by atoms with Gasteiger partial charge in [-0.25, -0.2) is 14.2 Å². The number of rotatable bonds is 3. The first-order chi connectivity index (χ1) is 11.0. The number of aromatic carboxylic acids is 1. The quantitative estimate of drug-likeness (QED) is 0.773. The van der Waals surface area contributed by atoms with Crippen LogP contribution in [0.1, 0.15) is 22.8 Å². The highest BCUT2D eigenvalue weighted by molar-refractivity contribution is 5.92. The average molecular weight is 310 g/mol. The van der Waals surface area contributed by atoms with E-state index in [1.54, 1.807) is 12.1 Å². The first kappa shape index (κ1) is 14.8. The van der Waals surface area contributed by atoms with Gasteiger partial charge in [0.15, 0.2) is 0 Å². The molecule has 0 saturated heterocycles. The molecule has 0 bridgehead atoms. The Kier molecular flexibility index (Phi) is 3.57. The number of carboxylic acid groups (broad SMARTS) is 1. The highest BCUT2D eigenvalue weighted by atomic mass is 16.4. The fourth-order valence-electron chi connectivity index (χ4n) is 2.47. The number of fused-ring (bicyclic) bond motifs is 1. The van der Waals surface area contributed by atoms with E-state index in [9.17, 15) is 14.4 Å². The molecule has 1 heterocycles. The Bertz CT molecular complexity index is 1010. The van der Waals surface area contributed by atoms with Crippen LogP contribution in [0.2, 0.25) is 0 Å². The van der Waals surface area contributed by atoms with E-state index in [2.05, 4.69) is 4.98 Å². The van der Waals surface area contributed by atoms with Crippen molar-refractivity contribution < 1.29 is 9.90 Å². The molecular weight excluding hydrogens is 296 g/mol. The van der Waals surface area contributed by atoms with Crippen LogP contribution in [0.4, 0.5) is 0 Å². The number of benzene rings is 2. The van der Waals surface area contributed by atoms with Gasteiger partial charge in [-0.3, -0.25) is 4.79 Å². The lowest BCUT2D eigenvalue weighted by atomic mass is 10.1. The SMILES string of the molecule is CCc1ccc(-n2c(=O)[nH]c3cc(C(=O)O)ccc3c2=O)cc1. The monoisotopic (exact) mass is 310 g/mol. The van der Waals surface area contributed by atoms with E-state index in [1.165, 1.54) is 18.2 Å². The van der Waals surface area contributed by atoms with Gasteiger partial charge in [0.25, 0.3) is 5.56 Å². The second kappa shape index (κ2) is 5.57. The maximum atomic E-state index is 12.6. The van der Waals surface area contributed by atoms with E-state index in [4.69, 9.17) is 5.11 Å². The van der Waals surface area contributed by atoms with Crippen LogP contribution < -0.4 is 11.2 Å². The third kappa shape index (κ3) is 2.55. The lowest BCUT2D eigenvalue weighted by molar-refractivity contribution is 0.0697. The summed E-state index contributed by atoms with van der Waals surface area (Å²) in [5, 5.41) is 9.25. The zero-order valence-electron chi connectivity index (χ0n) is 12.4. The second-order valence-electron chi connectivity index (χ2n) is 5.16. The Balaban J connectivity index is 2.26. The van der Waals surface area contributed by atoms with E-state index < -0.39 is 17.2 Å². The third-order valence-corrected chi connectivity index (χ3v) is 3.75. The molecule has 3 aromatic rings. The maximum absolute atomic E-state index is 12.6. The first-order valence-electron chi connectivity index (χ1n) is 7.13. The van der Waals surface area contributed by atoms with Crippen LogP contribution in [0.5, 0.6) is 0 Å². The number of hydrogen-bond acceptors (Lipinski definition) is 3. The molecule has 3 rings (SSSR count). The normalized spacial score (nSPS) is 10.8. The van der Waals surface area contributed by atoms with Crippen LogP contribution in [0, 0.1) is 0 Å². The molecule has 0 fully saturated rings. The molecule has 0 amide bonds. The predicted octanol–water partition coefficient (Wildman–Crippen LogP) is 1.94. The summed E-state index contributed by atoms with van der Waals surface area (Å²) in [6.45, 7) is 2.02. The number of aryl methyl sites for hydroxylation is 1. The van der Waals surface area contributed by atoms with Crippen molar-refractivity contribution >= 4 is 16.9 Å². The van der Waals surface area contributed by atoms with Crippen molar-refractivity contribution in [2.75, 3.05) is 0 Å². The van der Waals surface area contributed by atoms with Crippen molar-refractivity contribution in [1.29, 1.82) is 0 Å². The van der Waals surface area contributed by atoms with Gasteiger partial charge in [-0.15, -0.1) is 0 Å². The molecular formula is C17H14N2O4. The zero-order valence-corrected chi connectivity index (χ0v) is 12.4. The summed E-state index contributed by atoms with van der Waals surface area (Å²) >= 11 is 0. The second-order valence-corrected chi connectivity index (χ2v) is 5.16. The fraction of sp³-hybridized carbons (Fsp3) is 0.118. The Morgan fingerprint density at radius 1 is 1.13 bits per heavy atom. The summed E-state index contributed by atoms with van der Waals surface area (Å²) in [5.74, 6) is -1.12. The number of carboxylic acids is 1. The van der Waals surface area contributed by atoms with Crippen molar-refractivity contribution in [3.05, 3.63) is 74.4 Å². The summed E-state index contributed by atoms with van der Waals surface area (Å²) in [6.07, 6.45) is 0.862. The molecule has 6 heteroatoms. The van der Waals surface area contributed by atoms with E-state index in [0.717, 1.165) is 16.6 Å². The number of carbonyl (C=O) groups is 1. The minimum absolute atomic E-state index is 0.0117. The molecule has 0 aliphatic carbocycles. The van der Waals surface area contributed by atoms with E-state index in [1.807, 2.05) is 19.1 Å². The highest BCUT2D eigenvalue weighted by Crippen LogP contribution is 2.11. The average Bonchev–Trinajstić information content (AvgIpc) is 2.55. The first-order valence-corrected chi connectivity index (χ1v) is 7.13. The Hall–Kier alpha value is -3.15. The predicted molar refractivity (Wildman–Crippen MR) is 86.5 cm³/mol. The molecule has 23 heavy (non-hydrogen) atoms. The minimum Gasteiger partial charge on any atom is -0.478 e. The minimum atomic E-state index is -1.12. The van der Waals surface area contributed by atoms with Gasteiger partial charge in [-0.05, 0) is 42.3 Å². The van der Waals surface area contributed by atoms with Crippen LogP contribution in [0.15, 0.2) is 52.1 Å². The van der Waals surface area contributed by atoms with Gasteiger partial charge < -0.3 is 10.1 Å². The molecule has 2 aromatic carbocycles. The molecule has 6 nitrogen and oxygen atoms in total. The third-order valence-electron chi connectivity index (χ3n) is 3.75. The summed E-state index contributed by atoms with van der Waals surface area (Å²) in [4.78, 5) is 38.4. The summed E-state index contributed by atoms with van der Waals surface area (Å²) < 4.78 is 1.04. The standard InChI is InChI=1S/C17H14N2O4/c1-2-10-3-6-12(7-4-10)19-15(20)13-8-5-11(16(21)22)9-14(13)18-17(19)23/h3-9H,2H2,1H3,(H,18,23)(H,21,22). The van der Waals surface area contributed by atoms with E-state index in [0.29, 0.717) is 5.69 Å². The van der Waals surface area contributed by atoms with Gasteiger partial charge in [0.2, 0.25) is 0 Å². The molecule has 1 aromatic heterocycles. The van der Waals surface area contributed by atoms with Gasteiger partial charge in [0.1, 0.15) is 0 Å². The largest absolute Gasteiger partial charge is 0.478 e. The molecule has 2 N–H and O–H groups in total. The molecule has 0 radical (unpaired) electrons. The van der Waals surface area contributed by atoms with Crippen LogP contribution >= 0.6 is 0 Å². The molecule has 0 aliphatic rings. The lowest BCUT2D eigenvalue weighted by Crippen LogP contribution is -2.33. The summed E-state index contributed by atoms with van der Waals surface area (Å²) in [6, 6.07) is 11.2. The van der Waals surface area contributed by atoms with Gasteiger partial charge in [-0.1, -0.05) is 19.1 Å². The van der Waals surface area contributed by atoms with Crippen molar-refractivity contribution in [2.45, 2.75) is 13.3 Å². The lowest BCUT2D eigenvalue weighted by Gasteiger charge is -2.07. The van der Waals surface area contributed by atoms with Gasteiger partial charge in [0, 0.05) is 0 Å². The number of hydrogen-bond donors (Lipinski definition) is 2. The zero-order chi connectivity index (χ0) is 16.6. The van der Waals surface area contributed by atoms with E-state index >= 15 is 0 Å². The van der Waals surface area contributed by atoms with Gasteiger partial charge >= 0.3 is 11.7 Å². The van der Waals surface area contributed by atoms with Crippen molar-refractivity contribution in [1.82, 2.24) is 9.55 Å². The molecule has 0 unspecified atom stereocenters. The number of H-pyrrole nitrogens is 1. The fourth-order valence-corrected chi connectivity index (χ4v) is 2.47. The number of aromatic nitrogens is 2. The molecule has 0 spiro atoms. The number of nitrogens with one attached hydrogen (secondary N) is 1. The van der Waals surface area contributed by atoms with Crippen LogP contribution in [0.3, 0.4) is 0 Å². The molecule has 0 atom stereocenters. The smallest absolute Gasteiger partial charge is 0.335 e. The highest BCUT2D eigenvalue weighted by Gasteiger charge is 2.11. The Morgan fingerprint density at radius 2 is 1.83 bits per heavy atom. The van der Waals surface area contributed by atoms with E-state index in [-0.39, 0.29) is 16.5 Å². The van der Waals surface area contributed by atoms with Crippen LogP contribution in [-0.4, -0.2) is 20.6 Å². The van der Waals surface area contributed by atoms with Crippen molar-refractivity contribution in [3.8, 4) is 5.69 Å². The van der Waals surface area contributed by atoms with Crippen molar-refractivity contribution in [3.63, 3.8) is 0 Å². The maximum Gasteiger partial charge on any atom is 0.335 e. The molecule has 116 valence electrons. The number of nitrogens with zero attached hydrogens (tertiary/aromatic N) is 1. The van der Waals surface area contributed by atoms with Gasteiger partial charge in [-0.2, -0.15) is 0 Å². The topological polar surface area (TPSA) is 92.2 Å². The van der Waals surface area contributed by atoms with Crippen LogP contribution in [-0.2, 0) is 6.42 Å². The van der Waals surface area contributed by atoms with Crippen LogP contribution in [0.25, 0.3) is 16.6 Å².